The molecule has 1 atom stereocenters. The Hall–Kier alpha value is -0.240. The lowest BCUT2D eigenvalue weighted by Crippen LogP contribution is -2.30. The summed E-state index contributed by atoms with van der Waals surface area (Å²) in [5.41, 5.74) is 1.06. The highest BCUT2D eigenvalue weighted by molar-refractivity contribution is 6.35. The van der Waals surface area contributed by atoms with Gasteiger partial charge >= 0.3 is 0 Å². The maximum absolute atomic E-state index is 6.16. The van der Waals surface area contributed by atoms with Crippen LogP contribution in [0.4, 0.5) is 0 Å². The second kappa shape index (κ2) is 7.16. The fraction of sp³-hybridized carbons (Fsp3) is 0.538. The van der Waals surface area contributed by atoms with Gasteiger partial charge in [-0.2, -0.15) is 0 Å². The van der Waals surface area contributed by atoms with E-state index in [1.807, 2.05) is 18.2 Å². The molecule has 16 heavy (non-hydrogen) atoms. The fourth-order valence-corrected chi connectivity index (χ4v) is 2.44. The van der Waals surface area contributed by atoms with Gasteiger partial charge < -0.3 is 5.32 Å². The molecule has 0 amide bonds. The van der Waals surface area contributed by atoms with Crippen LogP contribution in [-0.2, 0) is 6.42 Å². The summed E-state index contributed by atoms with van der Waals surface area (Å²) in [6.45, 7) is 5.29. The van der Waals surface area contributed by atoms with Gasteiger partial charge in [0.2, 0.25) is 0 Å². The molecule has 0 saturated carbocycles. The summed E-state index contributed by atoms with van der Waals surface area (Å²) in [6, 6.07) is 6.15. The lowest BCUT2D eigenvalue weighted by atomic mass is 10.0. The Morgan fingerprint density at radius 2 is 1.81 bits per heavy atom. The summed E-state index contributed by atoms with van der Waals surface area (Å²) >= 11 is 12.3. The standard InChI is InChI=1S/C13H19Cl2N/c1-3-6-10(16-4-2)9-11-12(14)7-5-8-13(11)15/h5,7-8,10,16H,3-4,6,9H2,1-2H3. The molecule has 90 valence electrons. The molecule has 1 rings (SSSR count). The zero-order valence-electron chi connectivity index (χ0n) is 9.89. The fourth-order valence-electron chi connectivity index (χ4n) is 1.89. The van der Waals surface area contributed by atoms with Crippen molar-refractivity contribution in [2.75, 3.05) is 6.54 Å². The summed E-state index contributed by atoms with van der Waals surface area (Å²) in [6.07, 6.45) is 3.22. The molecule has 1 N–H and O–H groups in total. The van der Waals surface area contributed by atoms with Crippen LogP contribution in [-0.4, -0.2) is 12.6 Å². The molecule has 3 heteroatoms. The average molecular weight is 260 g/mol. The summed E-state index contributed by atoms with van der Waals surface area (Å²) in [4.78, 5) is 0. The van der Waals surface area contributed by atoms with Gasteiger partial charge in [0.1, 0.15) is 0 Å². The molecular weight excluding hydrogens is 241 g/mol. The molecule has 0 aliphatic carbocycles. The predicted molar refractivity (Wildman–Crippen MR) is 72.5 cm³/mol. The van der Waals surface area contributed by atoms with Crippen LogP contribution in [0.1, 0.15) is 32.3 Å². The van der Waals surface area contributed by atoms with Crippen molar-refractivity contribution < 1.29 is 0 Å². The van der Waals surface area contributed by atoms with E-state index in [9.17, 15) is 0 Å². The van der Waals surface area contributed by atoms with Crippen molar-refractivity contribution in [2.24, 2.45) is 0 Å². The van der Waals surface area contributed by atoms with Crippen LogP contribution in [0.5, 0.6) is 0 Å². The van der Waals surface area contributed by atoms with Gasteiger partial charge in [0, 0.05) is 16.1 Å². The van der Waals surface area contributed by atoms with E-state index in [-0.39, 0.29) is 0 Å². The Balaban J connectivity index is 2.76. The molecule has 0 saturated heterocycles. The summed E-state index contributed by atoms with van der Waals surface area (Å²) in [5, 5.41) is 5.01. The van der Waals surface area contributed by atoms with E-state index < -0.39 is 0 Å². The number of halogens is 2. The van der Waals surface area contributed by atoms with Gasteiger partial charge in [-0.15, -0.1) is 0 Å². The van der Waals surface area contributed by atoms with Gasteiger partial charge in [0.05, 0.1) is 0 Å². The third kappa shape index (κ3) is 3.97. The first kappa shape index (κ1) is 13.8. The van der Waals surface area contributed by atoms with Gasteiger partial charge in [0.25, 0.3) is 0 Å². The second-order valence-electron chi connectivity index (χ2n) is 3.95. The normalized spacial score (nSPS) is 12.8. The van der Waals surface area contributed by atoms with Crippen molar-refractivity contribution in [3.05, 3.63) is 33.8 Å². The van der Waals surface area contributed by atoms with Crippen LogP contribution in [0.3, 0.4) is 0 Å². The van der Waals surface area contributed by atoms with E-state index >= 15 is 0 Å². The van der Waals surface area contributed by atoms with Crippen molar-refractivity contribution in [3.8, 4) is 0 Å². The molecule has 0 aromatic heterocycles. The van der Waals surface area contributed by atoms with Crippen molar-refractivity contribution in [3.63, 3.8) is 0 Å². The lowest BCUT2D eigenvalue weighted by Gasteiger charge is -2.18. The Morgan fingerprint density at radius 3 is 2.31 bits per heavy atom. The monoisotopic (exact) mass is 259 g/mol. The highest BCUT2D eigenvalue weighted by Gasteiger charge is 2.12. The topological polar surface area (TPSA) is 12.0 Å². The molecule has 0 fully saturated rings. The smallest absolute Gasteiger partial charge is 0.0453 e. The first-order chi connectivity index (χ1) is 7.69. The molecule has 1 unspecified atom stereocenters. The van der Waals surface area contributed by atoms with Gasteiger partial charge in [-0.3, -0.25) is 0 Å². The Morgan fingerprint density at radius 1 is 1.19 bits per heavy atom. The highest BCUT2D eigenvalue weighted by atomic mass is 35.5. The largest absolute Gasteiger partial charge is 0.314 e. The number of likely N-dealkylation sites (N-methyl/N-ethyl adjacent to an activating group) is 1. The van der Waals surface area contributed by atoms with Crippen molar-refractivity contribution >= 4 is 23.2 Å². The number of rotatable bonds is 6. The zero-order chi connectivity index (χ0) is 12.0. The van der Waals surface area contributed by atoms with Crippen molar-refractivity contribution in [2.45, 2.75) is 39.2 Å². The van der Waals surface area contributed by atoms with Crippen LogP contribution in [0.2, 0.25) is 10.0 Å². The van der Waals surface area contributed by atoms with Crippen LogP contribution in [0.15, 0.2) is 18.2 Å². The van der Waals surface area contributed by atoms with E-state index in [2.05, 4.69) is 19.2 Å². The first-order valence-corrected chi connectivity index (χ1v) is 6.60. The van der Waals surface area contributed by atoms with Gasteiger partial charge in [-0.25, -0.2) is 0 Å². The van der Waals surface area contributed by atoms with Crippen LogP contribution >= 0.6 is 23.2 Å². The van der Waals surface area contributed by atoms with Gasteiger partial charge in [-0.1, -0.05) is 49.5 Å². The van der Waals surface area contributed by atoms with Gasteiger partial charge in [0.15, 0.2) is 0 Å². The van der Waals surface area contributed by atoms with Crippen LogP contribution in [0.25, 0.3) is 0 Å². The molecule has 0 bridgehead atoms. The van der Waals surface area contributed by atoms with E-state index in [0.29, 0.717) is 6.04 Å². The summed E-state index contributed by atoms with van der Waals surface area (Å²) in [7, 11) is 0. The quantitative estimate of drug-likeness (QED) is 0.803. The summed E-state index contributed by atoms with van der Waals surface area (Å²) in [5.74, 6) is 0. The Kier molecular flexibility index (Phi) is 6.18. The number of benzene rings is 1. The minimum atomic E-state index is 0.465. The van der Waals surface area contributed by atoms with Crippen molar-refractivity contribution in [1.29, 1.82) is 0 Å². The minimum Gasteiger partial charge on any atom is -0.314 e. The van der Waals surface area contributed by atoms with Crippen LogP contribution < -0.4 is 5.32 Å². The number of hydrogen-bond donors (Lipinski definition) is 1. The Labute approximate surface area is 108 Å². The average Bonchev–Trinajstić information content (AvgIpc) is 2.24. The molecule has 0 aliphatic rings. The molecule has 1 aromatic carbocycles. The molecule has 0 spiro atoms. The lowest BCUT2D eigenvalue weighted by molar-refractivity contribution is 0.486. The number of nitrogens with one attached hydrogen (secondary N) is 1. The molecule has 0 radical (unpaired) electrons. The van der Waals surface area contributed by atoms with Crippen LogP contribution in [0, 0.1) is 0 Å². The van der Waals surface area contributed by atoms with E-state index in [1.165, 1.54) is 6.42 Å². The molecule has 0 aliphatic heterocycles. The first-order valence-electron chi connectivity index (χ1n) is 5.85. The maximum atomic E-state index is 6.16. The second-order valence-corrected chi connectivity index (χ2v) is 4.76. The molecule has 0 heterocycles. The molecule has 1 nitrogen and oxygen atoms in total. The van der Waals surface area contributed by atoms with E-state index in [1.54, 1.807) is 0 Å². The minimum absolute atomic E-state index is 0.465. The molecular formula is C13H19Cl2N. The maximum Gasteiger partial charge on any atom is 0.0453 e. The predicted octanol–water partition coefficient (Wildman–Crippen LogP) is 4.31. The van der Waals surface area contributed by atoms with E-state index in [0.717, 1.165) is 35.0 Å². The van der Waals surface area contributed by atoms with Gasteiger partial charge in [-0.05, 0) is 37.1 Å². The Bertz CT molecular complexity index is 299. The molecule has 1 aromatic rings. The van der Waals surface area contributed by atoms with E-state index in [4.69, 9.17) is 23.2 Å². The third-order valence-electron chi connectivity index (χ3n) is 2.64. The van der Waals surface area contributed by atoms with Crippen molar-refractivity contribution in [1.82, 2.24) is 5.32 Å². The number of hydrogen-bond acceptors (Lipinski definition) is 1. The third-order valence-corrected chi connectivity index (χ3v) is 3.35. The SMILES string of the molecule is CCCC(Cc1c(Cl)cccc1Cl)NCC. The highest BCUT2D eigenvalue weighted by Crippen LogP contribution is 2.26. The zero-order valence-corrected chi connectivity index (χ0v) is 11.4. The summed E-state index contributed by atoms with van der Waals surface area (Å²) < 4.78 is 0.